The Bertz CT molecular complexity index is 967. The average molecular weight is 404 g/mol. The van der Waals surface area contributed by atoms with Crippen LogP contribution in [0.4, 0.5) is 8.78 Å². The Balaban J connectivity index is 1.87. The van der Waals surface area contributed by atoms with E-state index in [4.69, 9.17) is 11.6 Å². The van der Waals surface area contributed by atoms with E-state index in [0.29, 0.717) is 16.4 Å². The van der Waals surface area contributed by atoms with Crippen LogP contribution in [0.2, 0.25) is 5.02 Å². The van der Waals surface area contributed by atoms with Crippen LogP contribution in [0.15, 0.2) is 54.9 Å². The Morgan fingerprint density at radius 3 is 2.54 bits per heavy atom. The molecule has 0 saturated heterocycles. The lowest BCUT2D eigenvalue weighted by atomic mass is 10.1. The molecule has 0 atom stereocenters. The van der Waals surface area contributed by atoms with E-state index in [1.54, 1.807) is 35.2 Å². The summed E-state index contributed by atoms with van der Waals surface area (Å²) in [5.74, 6) is -0.848. The van der Waals surface area contributed by atoms with Gasteiger partial charge in [-0.1, -0.05) is 29.8 Å². The van der Waals surface area contributed by atoms with Crippen molar-refractivity contribution >= 4 is 17.5 Å². The first kappa shape index (κ1) is 20.0. The molecule has 0 saturated carbocycles. The first-order valence-electron chi connectivity index (χ1n) is 8.87. The van der Waals surface area contributed by atoms with Gasteiger partial charge in [0.1, 0.15) is 17.5 Å². The normalized spacial score (nSPS) is 11.1. The highest BCUT2D eigenvalue weighted by molar-refractivity contribution is 6.31. The molecule has 0 unspecified atom stereocenters. The molecule has 1 aromatic heterocycles. The van der Waals surface area contributed by atoms with Crippen LogP contribution in [-0.4, -0.2) is 26.4 Å². The molecule has 0 bridgehead atoms. The minimum atomic E-state index is -0.570. The van der Waals surface area contributed by atoms with Crippen LogP contribution in [-0.2, 0) is 13.1 Å². The Labute approximate surface area is 167 Å². The molecule has 1 amide bonds. The highest BCUT2D eigenvalue weighted by Crippen LogP contribution is 2.21. The van der Waals surface area contributed by atoms with Gasteiger partial charge in [0.05, 0.1) is 18.7 Å². The SMILES string of the molecule is CC(C)N(Cc1nccn1Cc1c(F)cccc1Cl)C(=O)c1ccccc1F. The molecule has 2 aromatic carbocycles. The molecule has 146 valence electrons. The largest absolute Gasteiger partial charge is 0.329 e. The smallest absolute Gasteiger partial charge is 0.257 e. The number of imidazole rings is 1. The van der Waals surface area contributed by atoms with E-state index in [0.717, 1.165) is 0 Å². The van der Waals surface area contributed by atoms with Crippen LogP contribution in [0.3, 0.4) is 0 Å². The van der Waals surface area contributed by atoms with E-state index in [1.807, 2.05) is 13.8 Å². The number of nitrogens with zero attached hydrogens (tertiary/aromatic N) is 3. The molecular weight excluding hydrogens is 384 g/mol. The predicted octanol–water partition coefficient (Wildman–Crippen LogP) is 4.91. The van der Waals surface area contributed by atoms with Crippen molar-refractivity contribution in [2.24, 2.45) is 0 Å². The summed E-state index contributed by atoms with van der Waals surface area (Å²) in [5.41, 5.74) is 0.353. The number of rotatable bonds is 6. The molecule has 28 heavy (non-hydrogen) atoms. The minimum Gasteiger partial charge on any atom is -0.329 e. The molecule has 0 aliphatic carbocycles. The van der Waals surface area contributed by atoms with Crippen LogP contribution >= 0.6 is 11.6 Å². The van der Waals surface area contributed by atoms with Crippen molar-refractivity contribution in [1.29, 1.82) is 0 Å². The Morgan fingerprint density at radius 1 is 1.14 bits per heavy atom. The maximum atomic E-state index is 14.1. The topological polar surface area (TPSA) is 38.1 Å². The van der Waals surface area contributed by atoms with Gasteiger partial charge in [0, 0.05) is 29.0 Å². The van der Waals surface area contributed by atoms with Gasteiger partial charge < -0.3 is 9.47 Å². The van der Waals surface area contributed by atoms with Gasteiger partial charge in [0.2, 0.25) is 0 Å². The number of carbonyl (C=O) groups excluding carboxylic acids is 1. The van der Waals surface area contributed by atoms with Crippen molar-refractivity contribution < 1.29 is 13.6 Å². The Hall–Kier alpha value is -2.73. The van der Waals surface area contributed by atoms with Crippen LogP contribution in [0.25, 0.3) is 0 Å². The molecule has 0 spiro atoms. The number of amides is 1. The fourth-order valence-corrected chi connectivity index (χ4v) is 3.14. The summed E-state index contributed by atoms with van der Waals surface area (Å²) < 4.78 is 29.9. The number of benzene rings is 2. The molecule has 0 radical (unpaired) electrons. The van der Waals surface area contributed by atoms with Gasteiger partial charge in [-0.05, 0) is 38.1 Å². The van der Waals surface area contributed by atoms with Crippen molar-refractivity contribution in [3.8, 4) is 0 Å². The van der Waals surface area contributed by atoms with Gasteiger partial charge in [-0.3, -0.25) is 4.79 Å². The molecule has 0 aliphatic heterocycles. The van der Waals surface area contributed by atoms with Crippen molar-refractivity contribution in [1.82, 2.24) is 14.5 Å². The summed E-state index contributed by atoms with van der Waals surface area (Å²) in [4.78, 5) is 18.7. The second kappa shape index (κ2) is 8.52. The standard InChI is InChI=1S/C21H20ClF2N3O/c1-14(2)27(21(28)15-6-3-4-8-18(15)23)13-20-25-10-11-26(20)12-16-17(22)7-5-9-19(16)24/h3-11,14H,12-13H2,1-2H3. The lowest BCUT2D eigenvalue weighted by molar-refractivity contribution is 0.0678. The van der Waals surface area contributed by atoms with Gasteiger partial charge in [-0.15, -0.1) is 0 Å². The molecule has 3 aromatic rings. The van der Waals surface area contributed by atoms with E-state index in [2.05, 4.69) is 4.98 Å². The van der Waals surface area contributed by atoms with Crippen molar-refractivity contribution in [2.75, 3.05) is 0 Å². The zero-order valence-electron chi connectivity index (χ0n) is 15.6. The molecule has 0 aliphatic rings. The second-order valence-electron chi connectivity index (χ2n) is 6.68. The fourth-order valence-electron chi connectivity index (χ4n) is 2.92. The van der Waals surface area contributed by atoms with Crippen LogP contribution < -0.4 is 0 Å². The quantitative estimate of drug-likeness (QED) is 0.586. The van der Waals surface area contributed by atoms with Crippen LogP contribution in [0, 0.1) is 11.6 Å². The van der Waals surface area contributed by atoms with E-state index in [1.165, 1.54) is 29.2 Å². The van der Waals surface area contributed by atoms with Gasteiger partial charge in [0.25, 0.3) is 5.91 Å². The van der Waals surface area contributed by atoms with Crippen LogP contribution in [0.1, 0.15) is 35.6 Å². The molecule has 7 heteroatoms. The summed E-state index contributed by atoms with van der Waals surface area (Å²) in [5, 5.41) is 0.322. The summed E-state index contributed by atoms with van der Waals surface area (Å²) >= 11 is 6.12. The number of carbonyl (C=O) groups is 1. The Morgan fingerprint density at radius 2 is 1.86 bits per heavy atom. The number of halogens is 3. The first-order valence-corrected chi connectivity index (χ1v) is 9.24. The van der Waals surface area contributed by atoms with Gasteiger partial charge >= 0.3 is 0 Å². The summed E-state index contributed by atoms with van der Waals surface area (Å²) in [6, 6.07) is 10.2. The first-order chi connectivity index (χ1) is 13.4. The van der Waals surface area contributed by atoms with Crippen LogP contribution in [0.5, 0.6) is 0 Å². The van der Waals surface area contributed by atoms with E-state index in [-0.39, 0.29) is 24.7 Å². The number of hydrogen-bond acceptors (Lipinski definition) is 2. The van der Waals surface area contributed by atoms with Gasteiger partial charge in [0.15, 0.2) is 0 Å². The zero-order chi connectivity index (χ0) is 20.3. The maximum absolute atomic E-state index is 14.1. The lowest BCUT2D eigenvalue weighted by Gasteiger charge is -2.27. The van der Waals surface area contributed by atoms with Gasteiger partial charge in [-0.25, -0.2) is 13.8 Å². The van der Waals surface area contributed by atoms with E-state index in [9.17, 15) is 13.6 Å². The van der Waals surface area contributed by atoms with E-state index >= 15 is 0 Å². The number of aromatic nitrogens is 2. The fraction of sp³-hybridized carbons (Fsp3) is 0.238. The highest BCUT2D eigenvalue weighted by Gasteiger charge is 2.23. The second-order valence-corrected chi connectivity index (χ2v) is 7.09. The molecule has 0 fully saturated rings. The summed E-state index contributed by atoms with van der Waals surface area (Å²) in [6.45, 7) is 4.03. The van der Waals surface area contributed by atoms with Crippen molar-refractivity contribution in [3.63, 3.8) is 0 Å². The lowest BCUT2D eigenvalue weighted by Crippen LogP contribution is -2.37. The molecule has 3 rings (SSSR count). The molecule has 0 N–H and O–H groups in total. The van der Waals surface area contributed by atoms with Crippen molar-refractivity contribution in [2.45, 2.75) is 33.0 Å². The highest BCUT2D eigenvalue weighted by atomic mass is 35.5. The summed E-state index contributed by atoms with van der Waals surface area (Å²) in [6.07, 6.45) is 3.28. The predicted molar refractivity (Wildman–Crippen MR) is 104 cm³/mol. The average Bonchev–Trinajstić information content (AvgIpc) is 3.09. The zero-order valence-corrected chi connectivity index (χ0v) is 16.3. The van der Waals surface area contributed by atoms with Crippen molar-refractivity contribution in [3.05, 3.63) is 88.5 Å². The van der Waals surface area contributed by atoms with Gasteiger partial charge in [-0.2, -0.15) is 0 Å². The minimum absolute atomic E-state index is 0.00598. The third-order valence-corrected chi connectivity index (χ3v) is 4.85. The molecular formula is C21H20ClF2N3O. The third-order valence-electron chi connectivity index (χ3n) is 4.49. The Kier molecular flexibility index (Phi) is 6.09. The van der Waals surface area contributed by atoms with E-state index < -0.39 is 17.5 Å². The maximum Gasteiger partial charge on any atom is 0.257 e. The molecule has 1 heterocycles. The third kappa shape index (κ3) is 4.22. The number of hydrogen-bond donors (Lipinski definition) is 0. The molecule has 4 nitrogen and oxygen atoms in total. The summed E-state index contributed by atoms with van der Waals surface area (Å²) in [7, 11) is 0. The monoisotopic (exact) mass is 403 g/mol.